The van der Waals surface area contributed by atoms with Gasteiger partial charge in [-0.15, -0.1) is 0 Å². The molecule has 1 aromatic carbocycles. The van der Waals surface area contributed by atoms with Gasteiger partial charge in [-0.25, -0.2) is 0 Å². The molecule has 148 valence electrons. The standard InChI is InChI=1S/C24H35NOS/c1-16(2)10-12-25-13-11-24(7)17(3)21(25)14-18-8-9-19(15-20(18)24)27-22(26)23(4,5)6/h8-10,15,17,21H,11-14H2,1-7H3/t17-,21?,24+/m0/s1. The van der Waals surface area contributed by atoms with Crippen LogP contribution in [0, 0.1) is 11.3 Å². The number of fused-ring (bicyclic) bond motifs is 4. The summed E-state index contributed by atoms with van der Waals surface area (Å²) >= 11 is 1.41. The second-order valence-electron chi connectivity index (χ2n) is 9.96. The molecule has 0 aromatic heterocycles. The van der Waals surface area contributed by atoms with Crippen LogP contribution in [0.5, 0.6) is 0 Å². The van der Waals surface area contributed by atoms with E-state index in [1.807, 2.05) is 20.8 Å². The predicted octanol–water partition coefficient (Wildman–Crippen LogP) is 5.84. The summed E-state index contributed by atoms with van der Waals surface area (Å²) in [6.07, 6.45) is 4.68. The summed E-state index contributed by atoms with van der Waals surface area (Å²) in [5.41, 5.74) is 4.27. The number of nitrogens with zero attached hydrogens (tertiary/aromatic N) is 1. The number of carbonyl (C=O) groups is 1. The van der Waals surface area contributed by atoms with Gasteiger partial charge in [0.15, 0.2) is 5.12 Å². The van der Waals surface area contributed by atoms with Gasteiger partial charge in [0.05, 0.1) is 0 Å². The van der Waals surface area contributed by atoms with Crippen molar-refractivity contribution in [3.8, 4) is 0 Å². The van der Waals surface area contributed by atoms with E-state index in [1.165, 1.54) is 34.9 Å². The number of hydrogen-bond donors (Lipinski definition) is 0. The van der Waals surface area contributed by atoms with Crippen LogP contribution in [0.1, 0.15) is 66.0 Å². The number of allylic oxidation sites excluding steroid dienone is 1. The van der Waals surface area contributed by atoms with Gasteiger partial charge in [0, 0.05) is 22.9 Å². The molecule has 1 heterocycles. The van der Waals surface area contributed by atoms with Gasteiger partial charge in [0.25, 0.3) is 0 Å². The molecule has 1 unspecified atom stereocenters. The Hall–Kier alpha value is -1.06. The molecule has 1 saturated heterocycles. The Balaban J connectivity index is 1.89. The summed E-state index contributed by atoms with van der Waals surface area (Å²) in [4.78, 5) is 16.3. The first kappa shape index (κ1) is 20.7. The summed E-state index contributed by atoms with van der Waals surface area (Å²) in [5, 5.41) is 0.242. The zero-order valence-electron chi connectivity index (χ0n) is 18.1. The highest BCUT2D eigenvalue weighted by Gasteiger charge is 2.48. The average molecular weight is 386 g/mol. The van der Waals surface area contributed by atoms with Crippen LogP contribution in [0.25, 0.3) is 0 Å². The van der Waals surface area contributed by atoms with Gasteiger partial charge in [-0.1, -0.05) is 64.1 Å². The second kappa shape index (κ2) is 7.40. The minimum absolute atomic E-state index is 0.209. The maximum atomic E-state index is 12.5. The van der Waals surface area contributed by atoms with Crippen molar-refractivity contribution < 1.29 is 4.79 Å². The summed E-state index contributed by atoms with van der Waals surface area (Å²) in [6.45, 7) is 17.5. The molecule has 0 spiro atoms. The van der Waals surface area contributed by atoms with Gasteiger partial charge in [0.2, 0.25) is 0 Å². The maximum absolute atomic E-state index is 12.5. The molecule has 2 aliphatic rings. The molecule has 1 aliphatic carbocycles. The summed E-state index contributed by atoms with van der Waals surface area (Å²) in [7, 11) is 0. The van der Waals surface area contributed by atoms with Crippen molar-refractivity contribution in [2.75, 3.05) is 13.1 Å². The minimum Gasteiger partial charge on any atom is -0.296 e. The Labute approximate surface area is 169 Å². The van der Waals surface area contributed by atoms with Crippen LogP contribution in [0.4, 0.5) is 0 Å². The van der Waals surface area contributed by atoms with Crippen LogP contribution in [0.15, 0.2) is 34.7 Å². The average Bonchev–Trinajstić information content (AvgIpc) is 2.57. The lowest BCUT2D eigenvalue weighted by molar-refractivity contribution is -0.117. The van der Waals surface area contributed by atoms with Crippen LogP contribution >= 0.6 is 11.8 Å². The molecule has 1 fully saturated rings. The Bertz CT molecular complexity index is 756. The molecule has 2 bridgehead atoms. The summed E-state index contributed by atoms with van der Waals surface area (Å²) in [5.74, 6) is 0.628. The molecule has 3 heteroatoms. The fourth-order valence-corrected chi connectivity index (χ4v) is 5.37. The number of hydrogen-bond acceptors (Lipinski definition) is 3. The van der Waals surface area contributed by atoms with E-state index in [2.05, 4.69) is 56.9 Å². The van der Waals surface area contributed by atoms with Gasteiger partial charge < -0.3 is 0 Å². The molecular formula is C24H35NOS. The van der Waals surface area contributed by atoms with E-state index in [1.54, 1.807) is 0 Å². The first-order chi connectivity index (χ1) is 12.5. The molecule has 3 atom stereocenters. The monoisotopic (exact) mass is 385 g/mol. The Morgan fingerprint density at radius 1 is 1.33 bits per heavy atom. The van der Waals surface area contributed by atoms with Crippen molar-refractivity contribution in [1.29, 1.82) is 0 Å². The first-order valence-electron chi connectivity index (χ1n) is 10.3. The van der Waals surface area contributed by atoms with Crippen LogP contribution in [-0.4, -0.2) is 29.1 Å². The minimum atomic E-state index is -0.306. The SMILES string of the molecule is CC(C)=CCN1CC[C@@]2(C)c3cc(SC(=O)C(C)(C)C)ccc3CC1[C@@H]2C. The Morgan fingerprint density at radius 2 is 2.04 bits per heavy atom. The van der Waals surface area contributed by atoms with E-state index in [0.717, 1.165) is 24.4 Å². The van der Waals surface area contributed by atoms with Gasteiger partial charge in [-0.3, -0.25) is 9.69 Å². The van der Waals surface area contributed by atoms with Gasteiger partial charge in [-0.05, 0) is 67.8 Å². The zero-order valence-corrected chi connectivity index (χ0v) is 18.9. The smallest absolute Gasteiger partial charge is 0.198 e. The molecule has 27 heavy (non-hydrogen) atoms. The number of benzene rings is 1. The first-order valence-corrected chi connectivity index (χ1v) is 11.1. The molecule has 2 nitrogen and oxygen atoms in total. The molecule has 0 amide bonds. The van der Waals surface area contributed by atoms with Crippen molar-refractivity contribution in [2.24, 2.45) is 11.3 Å². The van der Waals surface area contributed by atoms with E-state index >= 15 is 0 Å². The molecule has 0 radical (unpaired) electrons. The topological polar surface area (TPSA) is 20.3 Å². The molecule has 1 aromatic rings. The molecular weight excluding hydrogens is 350 g/mol. The van der Waals surface area contributed by atoms with Crippen LogP contribution in [-0.2, 0) is 16.6 Å². The highest BCUT2D eigenvalue weighted by atomic mass is 32.2. The number of piperidine rings is 1. The second-order valence-corrected chi connectivity index (χ2v) is 11.0. The fraction of sp³-hybridized carbons (Fsp3) is 0.625. The summed E-state index contributed by atoms with van der Waals surface area (Å²) in [6, 6.07) is 7.38. The largest absolute Gasteiger partial charge is 0.296 e. The van der Waals surface area contributed by atoms with Crippen molar-refractivity contribution in [1.82, 2.24) is 4.90 Å². The Morgan fingerprint density at radius 3 is 2.67 bits per heavy atom. The van der Waals surface area contributed by atoms with E-state index in [9.17, 15) is 4.79 Å². The number of rotatable bonds is 3. The van der Waals surface area contributed by atoms with Gasteiger partial charge >= 0.3 is 0 Å². The third-order valence-corrected chi connectivity index (χ3v) is 7.94. The van der Waals surface area contributed by atoms with E-state index in [-0.39, 0.29) is 15.9 Å². The van der Waals surface area contributed by atoms with Crippen LogP contribution in [0.3, 0.4) is 0 Å². The van der Waals surface area contributed by atoms with Crippen molar-refractivity contribution in [2.45, 2.75) is 77.7 Å². The molecule has 1 aliphatic heterocycles. The van der Waals surface area contributed by atoms with Gasteiger partial charge in [0.1, 0.15) is 0 Å². The normalized spacial score (nSPS) is 27.8. The van der Waals surface area contributed by atoms with E-state index in [4.69, 9.17) is 0 Å². The summed E-state index contributed by atoms with van der Waals surface area (Å²) < 4.78 is 0. The number of likely N-dealkylation sites (tertiary alicyclic amines) is 1. The quantitative estimate of drug-likeness (QED) is 0.481. The highest BCUT2D eigenvalue weighted by Crippen LogP contribution is 2.49. The van der Waals surface area contributed by atoms with E-state index in [0.29, 0.717) is 12.0 Å². The number of thioether (sulfide) groups is 1. The lowest BCUT2D eigenvalue weighted by Crippen LogP contribution is -2.57. The lowest BCUT2D eigenvalue weighted by atomic mass is 9.59. The lowest BCUT2D eigenvalue weighted by Gasteiger charge is -2.54. The third-order valence-electron chi connectivity index (χ3n) is 6.65. The molecule has 0 saturated carbocycles. The van der Waals surface area contributed by atoms with Crippen LogP contribution in [0.2, 0.25) is 0 Å². The van der Waals surface area contributed by atoms with Gasteiger partial charge in [-0.2, -0.15) is 0 Å². The Kier molecular flexibility index (Phi) is 5.67. The zero-order chi connectivity index (χ0) is 20.0. The molecule has 3 rings (SSSR count). The van der Waals surface area contributed by atoms with Crippen LogP contribution < -0.4 is 0 Å². The maximum Gasteiger partial charge on any atom is 0.198 e. The van der Waals surface area contributed by atoms with E-state index < -0.39 is 0 Å². The van der Waals surface area contributed by atoms with Crippen molar-refractivity contribution >= 4 is 16.9 Å². The number of carbonyl (C=O) groups excluding carboxylic acids is 1. The predicted molar refractivity (Wildman–Crippen MR) is 116 cm³/mol. The third kappa shape index (κ3) is 4.05. The van der Waals surface area contributed by atoms with Crippen molar-refractivity contribution in [3.05, 3.63) is 41.0 Å². The molecule has 0 N–H and O–H groups in total. The highest BCUT2D eigenvalue weighted by molar-refractivity contribution is 8.13. The van der Waals surface area contributed by atoms with Crippen molar-refractivity contribution in [3.63, 3.8) is 0 Å². The fourth-order valence-electron chi connectivity index (χ4n) is 4.54.